The topological polar surface area (TPSA) is 103 Å². The second-order valence-corrected chi connectivity index (χ2v) is 8.85. The molecule has 3 aromatic rings. The summed E-state index contributed by atoms with van der Waals surface area (Å²) in [6, 6.07) is 19.2. The summed E-state index contributed by atoms with van der Waals surface area (Å²) in [7, 11) is 2.10. The molecule has 8 nitrogen and oxygen atoms in total. The van der Waals surface area contributed by atoms with Gasteiger partial charge in [0.1, 0.15) is 0 Å². The van der Waals surface area contributed by atoms with E-state index in [9.17, 15) is 9.59 Å². The molecule has 0 unspecified atom stereocenters. The highest BCUT2D eigenvalue weighted by Crippen LogP contribution is 2.29. The number of rotatable bonds is 10. The molecule has 4 rings (SSSR count). The van der Waals surface area contributed by atoms with E-state index in [0.717, 1.165) is 50.6 Å². The molecule has 0 saturated carbocycles. The van der Waals surface area contributed by atoms with Crippen molar-refractivity contribution in [3.63, 3.8) is 0 Å². The number of hydrogen-bond acceptors (Lipinski definition) is 6. The summed E-state index contributed by atoms with van der Waals surface area (Å²) in [4.78, 5) is 28.4. The molecular formula is C30H35N3O5. The molecule has 1 aromatic heterocycles. The fraction of sp³-hybridized carbons (Fsp3) is 0.300. The number of carbonyl (C=O) groups is 2. The third-order valence-corrected chi connectivity index (χ3v) is 6.18. The van der Waals surface area contributed by atoms with Crippen molar-refractivity contribution in [2.75, 3.05) is 44.7 Å². The van der Waals surface area contributed by atoms with Gasteiger partial charge in [0.05, 0.1) is 6.61 Å². The Morgan fingerprint density at radius 2 is 1.79 bits per heavy atom. The Bertz CT molecular complexity index is 1270. The number of pyridine rings is 1. The monoisotopic (exact) mass is 517 g/mol. The molecule has 0 amide bonds. The third kappa shape index (κ3) is 8.45. The van der Waals surface area contributed by atoms with Gasteiger partial charge in [-0.3, -0.25) is 4.90 Å². The van der Waals surface area contributed by atoms with Gasteiger partial charge in [-0.1, -0.05) is 48.5 Å². The maximum absolute atomic E-state index is 9.55. The Balaban J connectivity index is 0.000000436. The maximum Gasteiger partial charge on any atom is 0.328 e. The molecule has 200 valence electrons. The second-order valence-electron chi connectivity index (χ2n) is 8.85. The number of fused-ring (bicyclic) bond motifs is 1. The van der Waals surface area contributed by atoms with Gasteiger partial charge in [-0.15, -0.1) is 0 Å². The third-order valence-electron chi connectivity index (χ3n) is 6.18. The van der Waals surface area contributed by atoms with Crippen molar-refractivity contribution in [3.8, 4) is 5.75 Å². The fourth-order valence-electron chi connectivity index (χ4n) is 4.38. The number of nitrogens with zero attached hydrogens (tertiary/aromatic N) is 3. The predicted octanol–water partition coefficient (Wildman–Crippen LogP) is 4.96. The van der Waals surface area contributed by atoms with Gasteiger partial charge in [0.25, 0.3) is 0 Å². The Morgan fingerprint density at radius 1 is 1.05 bits per heavy atom. The lowest BCUT2D eigenvalue weighted by Crippen LogP contribution is -2.32. The van der Waals surface area contributed by atoms with Crippen molar-refractivity contribution in [1.29, 1.82) is 0 Å². The van der Waals surface area contributed by atoms with E-state index in [-0.39, 0.29) is 0 Å². The molecule has 0 radical (unpaired) electrons. The summed E-state index contributed by atoms with van der Waals surface area (Å²) in [5.41, 5.74) is 2.88. The zero-order valence-corrected chi connectivity index (χ0v) is 21.9. The molecule has 2 aromatic carbocycles. The van der Waals surface area contributed by atoms with E-state index in [1.807, 2.05) is 25.3 Å². The average molecular weight is 518 g/mol. The first-order valence-corrected chi connectivity index (χ1v) is 12.7. The van der Waals surface area contributed by atoms with Crippen molar-refractivity contribution in [2.24, 2.45) is 0 Å². The Hall–Kier alpha value is -4.17. The number of anilines is 1. The van der Waals surface area contributed by atoms with Crippen molar-refractivity contribution in [3.05, 3.63) is 84.6 Å². The van der Waals surface area contributed by atoms with E-state index in [2.05, 4.69) is 70.4 Å². The highest BCUT2D eigenvalue weighted by Gasteiger charge is 2.15. The fourth-order valence-corrected chi connectivity index (χ4v) is 4.38. The van der Waals surface area contributed by atoms with Gasteiger partial charge in [-0.2, -0.15) is 0 Å². The summed E-state index contributed by atoms with van der Waals surface area (Å²) < 4.78 is 5.72. The summed E-state index contributed by atoms with van der Waals surface area (Å²) in [5, 5.41) is 18.3. The molecule has 2 N–H and O–H groups in total. The molecular weight excluding hydrogens is 482 g/mol. The van der Waals surface area contributed by atoms with Crippen molar-refractivity contribution >= 4 is 34.1 Å². The van der Waals surface area contributed by atoms with Crippen LogP contribution < -0.4 is 9.64 Å². The molecule has 0 aliphatic carbocycles. The molecule has 8 heteroatoms. The summed E-state index contributed by atoms with van der Waals surface area (Å²) in [5.74, 6) is -0.723. The normalized spacial score (nSPS) is 13.5. The smallest absolute Gasteiger partial charge is 0.328 e. The molecule has 2 heterocycles. The van der Waals surface area contributed by atoms with Crippen molar-refractivity contribution in [1.82, 2.24) is 9.88 Å². The number of benzene rings is 2. The van der Waals surface area contributed by atoms with Crippen LogP contribution in [0.3, 0.4) is 0 Å². The Morgan fingerprint density at radius 3 is 2.47 bits per heavy atom. The lowest BCUT2D eigenvalue weighted by atomic mass is 9.94. The molecule has 38 heavy (non-hydrogen) atoms. The van der Waals surface area contributed by atoms with E-state index in [1.165, 1.54) is 21.9 Å². The summed E-state index contributed by atoms with van der Waals surface area (Å²) >= 11 is 0. The standard InChI is InChI=1S/C26H31N3O.C4H4O4/c1-3-30-25-13-7-16-27-26(25)28(2)17-8-18-29-19-14-22(15-20-29)24-12-6-10-21-9-4-5-11-23(21)24;5-3(6)1-2-4(7)8/h4-7,9-14,16H,3,8,15,17-20H2,1-2H3;1-2H,(H,5,6)(H,7,8)/b;2-1+. The number of ether oxygens (including phenoxy) is 1. The summed E-state index contributed by atoms with van der Waals surface area (Å²) in [6.45, 7) is 6.87. The molecule has 0 atom stereocenters. The van der Waals surface area contributed by atoms with Gasteiger partial charge in [0.2, 0.25) is 0 Å². The van der Waals surface area contributed by atoms with Crippen molar-refractivity contribution in [2.45, 2.75) is 19.8 Å². The maximum atomic E-state index is 9.55. The van der Waals surface area contributed by atoms with Crippen LogP contribution in [-0.4, -0.2) is 71.9 Å². The first-order chi connectivity index (χ1) is 18.4. The molecule has 1 aliphatic rings. The second kappa shape index (κ2) is 14.5. The van der Waals surface area contributed by atoms with Gasteiger partial charge in [0, 0.05) is 51.6 Å². The SMILES string of the molecule is CCOc1cccnc1N(C)CCCN1CC=C(c2cccc3ccccc23)CC1.O=C(O)/C=C/C(=O)O. The van der Waals surface area contributed by atoms with E-state index in [0.29, 0.717) is 18.8 Å². The highest BCUT2D eigenvalue weighted by molar-refractivity contribution is 5.94. The van der Waals surface area contributed by atoms with Crippen molar-refractivity contribution < 1.29 is 24.5 Å². The van der Waals surface area contributed by atoms with E-state index in [1.54, 1.807) is 0 Å². The minimum absolute atomic E-state index is 0.558. The Labute approximate surface area is 223 Å². The van der Waals surface area contributed by atoms with Crippen LogP contribution in [-0.2, 0) is 9.59 Å². The Kier molecular flexibility index (Phi) is 10.9. The number of carboxylic acid groups (broad SMARTS) is 2. The number of carboxylic acids is 2. The van der Waals surface area contributed by atoms with Crippen LogP contribution >= 0.6 is 0 Å². The van der Waals surface area contributed by atoms with Crippen LogP contribution in [0.5, 0.6) is 5.75 Å². The first kappa shape index (κ1) is 28.4. The molecule has 0 fully saturated rings. The molecule has 0 spiro atoms. The molecule has 0 saturated heterocycles. The average Bonchev–Trinajstić information content (AvgIpc) is 2.93. The minimum atomic E-state index is -1.26. The zero-order valence-electron chi connectivity index (χ0n) is 21.9. The van der Waals surface area contributed by atoms with Crippen LogP contribution in [0.25, 0.3) is 16.3 Å². The van der Waals surface area contributed by atoms with Gasteiger partial charge < -0.3 is 19.8 Å². The van der Waals surface area contributed by atoms with E-state index in [4.69, 9.17) is 14.9 Å². The van der Waals surface area contributed by atoms with Crippen LogP contribution in [0.15, 0.2) is 79.0 Å². The van der Waals surface area contributed by atoms with Gasteiger partial charge in [-0.05, 0) is 53.8 Å². The first-order valence-electron chi connectivity index (χ1n) is 12.7. The van der Waals surface area contributed by atoms with E-state index >= 15 is 0 Å². The summed E-state index contributed by atoms with van der Waals surface area (Å²) in [6.07, 6.45) is 7.58. The van der Waals surface area contributed by atoms with Crippen LogP contribution in [0.4, 0.5) is 5.82 Å². The zero-order chi connectivity index (χ0) is 27.3. The van der Waals surface area contributed by atoms with Crippen LogP contribution in [0.1, 0.15) is 25.3 Å². The lowest BCUT2D eigenvalue weighted by molar-refractivity contribution is -0.134. The number of aliphatic carboxylic acids is 2. The van der Waals surface area contributed by atoms with Gasteiger partial charge in [0.15, 0.2) is 11.6 Å². The largest absolute Gasteiger partial charge is 0.490 e. The molecule has 0 bridgehead atoms. The van der Waals surface area contributed by atoms with E-state index < -0.39 is 11.9 Å². The lowest BCUT2D eigenvalue weighted by Gasteiger charge is -2.28. The van der Waals surface area contributed by atoms with Gasteiger partial charge in [-0.25, -0.2) is 14.6 Å². The quantitative estimate of drug-likeness (QED) is 0.364. The van der Waals surface area contributed by atoms with Crippen LogP contribution in [0, 0.1) is 0 Å². The predicted molar refractivity (Wildman–Crippen MR) is 151 cm³/mol. The number of hydrogen-bond donors (Lipinski definition) is 2. The minimum Gasteiger partial charge on any atom is -0.490 e. The number of aromatic nitrogens is 1. The van der Waals surface area contributed by atoms with Gasteiger partial charge >= 0.3 is 11.9 Å². The molecule has 1 aliphatic heterocycles. The van der Waals surface area contributed by atoms with Crippen LogP contribution in [0.2, 0.25) is 0 Å². The highest BCUT2D eigenvalue weighted by atomic mass is 16.5.